The molecule has 2 aromatic carbocycles. The average molecular weight is 491 g/mol. The molecule has 33 heavy (non-hydrogen) atoms. The third-order valence-corrected chi connectivity index (χ3v) is 5.98. The number of aliphatic hydroxyl groups is 1. The van der Waals surface area contributed by atoms with Gasteiger partial charge < -0.3 is 15.6 Å². The van der Waals surface area contributed by atoms with Gasteiger partial charge in [0.1, 0.15) is 15.8 Å². The SMILES string of the molecule is CC(N)(CO)c1nnc(-c2ccc(OCCc3ccccc3C(F)(F)F)c(C(F)(F)F)c2)s1. The maximum atomic E-state index is 13.6. The molecular formula is C21H19F6N3O2S. The highest BCUT2D eigenvalue weighted by molar-refractivity contribution is 7.14. The number of alkyl halides is 6. The van der Waals surface area contributed by atoms with Gasteiger partial charge in [-0.25, -0.2) is 0 Å². The summed E-state index contributed by atoms with van der Waals surface area (Å²) in [4.78, 5) is 0. The Kier molecular flexibility index (Phi) is 7.01. The molecule has 0 bridgehead atoms. The Labute approximate surface area is 188 Å². The molecule has 3 aromatic rings. The van der Waals surface area contributed by atoms with Crippen LogP contribution in [0.25, 0.3) is 10.6 Å². The average Bonchev–Trinajstić information content (AvgIpc) is 3.24. The molecule has 0 fully saturated rings. The topological polar surface area (TPSA) is 81.3 Å². The minimum absolute atomic E-state index is 0.0784. The lowest BCUT2D eigenvalue weighted by molar-refractivity contribution is -0.139. The van der Waals surface area contributed by atoms with E-state index in [4.69, 9.17) is 10.5 Å². The highest BCUT2D eigenvalue weighted by Crippen LogP contribution is 2.40. The minimum atomic E-state index is -4.78. The van der Waals surface area contributed by atoms with Gasteiger partial charge in [0.15, 0.2) is 0 Å². The molecule has 0 aliphatic heterocycles. The molecular weight excluding hydrogens is 472 g/mol. The standard InChI is InChI=1S/C21H19F6N3O2S/c1-19(28,11-31)18-30-29-17(33-18)13-6-7-16(15(10-13)21(25,26)27)32-9-8-12-4-2-3-5-14(12)20(22,23)24/h2-7,10,31H,8-9,11,28H2,1H3. The van der Waals surface area contributed by atoms with E-state index in [9.17, 15) is 31.4 Å². The summed E-state index contributed by atoms with van der Waals surface area (Å²) >= 11 is 0.940. The van der Waals surface area contributed by atoms with Crippen molar-refractivity contribution in [3.05, 3.63) is 64.2 Å². The molecule has 5 nitrogen and oxygen atoms in total. The molecule has 0 amide bonds. The summed E-state index contributed by atoms with van der Waals surface area (Å²) in [5, 5.41) is 17.4. The van der Waals surface area contributed by atoms with E-state index < -0.39 is 41.4 Å². The summed E-state index contributed by atoms with van der Waals surface area (Å²) in [6, 6.07) is 8.07. The normalized spacial score (nSPS) is 14.2. The summed E-state index contributed by atoms with van der Waals surface area (Å²) in [7, 11) is 0. The predicted molar refractivity (Wildman–Crippen MR) is 110 cm³/mol. The first-order chi connectivity index (χ1) is 15.3. The number of ether oxygens (including phenoxy) is 1. The quantitative estimate of drug-likeness (QED) is 0.453. The lowest BCUT2D eigenvalue weighted by atomic mass is 10.0. The van der Waals surface area contributed by atoms with Crippen LogP contribution in [0.4, 0.5) is 26.3 Å². The molecule has 3 rings (SSSR count). The molecule has 1 unspecified atom stereocenters. The maximum absolute atomic E-state index is 13.6. The number of benzene rings is 2. The van der Waals surface area contributed by atoms with E-state index in [0.29, 0.717) is 0 Å². The van der Waals surface area contributed by atoms with Crippen molar-refractivity contribution in [2.75, 3.05) is 13.2 Å². The van der Waals surface area contributed by atoms with E-state index in [1.54, 1.807) is 0 Å². The van der Waals surface area contributed by atoms with Crippen LogP contribution in [0.5, 0.6) is 5.75 Å². The van der Waals surface area contributed by atoms with Crippen LogP contribution in [0.2, 0.25) is 0 Å². The van der Waals surface area contributed by atoms with E-state index in [1.807, 2.05) is 0 Å². The zero-order valence-corrected chi connectivity index (χ0v) is 18.0. The highest BCUT2D eigenvalue weighted by atomic mass is 32.1. The minimum Gasteiger partial charge on any atom is -0.493 e. The van der Waals surface area contributed by atoms with Crippen LogP contribution in [0.15, 0.2) is 42.5 Å². The van der Waals surface area contributed by atoms with Crippen LogP contribution in [0, 0.1) is 0 Å². The smallest absolute Gasteiger partial charge is 0.419 e. The van der Waals surface area contributed by atoms with Crippen LogP contribution >= 0.6 is 11.3 Å². The first-order valence-corrected chi connectivity index (χ1v) is 10.4. The van der Waals surface area contributed by atoms with Gasteiger partial charge in [0.05, 0.1) is 29.9 Å². The Morgan fingerprint density at radius 2 is 1.64 bits per heavy atom. The Bertz CT molecular complexity index is 1110. The second-order valence-electron chi connectivity index (χ2n) is 7.45. The summed E-state index contributed by atoms with van der Waals surface area (Å²) in [5.41, 5.74) is 2.75. The van der Waals surface area contributed by atoms with Crippen molar-refractivity contribution in [3.63, 3.8) is 0 Å². The number of hydrogen-bond donors (Lipinski definition) is 2. The maximum Gasteiger partial charge on any atom is 0.419 e. The van der Waals surface area contributed by atoms with Gasteiger partial charge in [-0.3, -0.25) is 0 Å². The van der Waals surface area contributed by atoms with Crippen molar-refractivity contribution in [3.8, 4) is 16.3 Å². The van der Waals surface area contributed by atoms with Gasteiger partial charge in [-0.2, -0.15) is 26.3 Å². The summed E-state index contributed by atoms with van der Waals surface area (Å²) in [6.45, 7) is 0.687. The van der Waals surface area contributed by atoms with Crippen molar-refractivity contribution in [1.29, 1.82) is 0 Å². The van der Waals surface area contributed by atoms with Crippen molar-refractivity contribution < 1.29 is 36.2 Å². The van der Waals surface area contributed by atoms with Crippen LogP contribution in [-0.4, -0.2) is 28.5 Å². The summed E-state index contributed by atoms with van der Waals surface area (Å²) in [5.74, 6) is -0.514. The lowest BCUT2D eigenvalue weighted by Gasteiger charge is -2.17. The van der Waals surface area contributed by atoms with Gasteiger partial charge in [0, 0.05) is 12.0 Å². The number of rotatable bonds is 7. The number of hydrogen-bond acceptors (Lipinski definition) is 6. The first kappa shape index (κ1) is 24.9. The molecule has 0 saturated carbocycles. The molecule has 178 valence electrons. The highest BCUT2D eigenvalue weighted by Gasteiger charge is 2.36. The monoisotopic (exact) mass is 491 g/mol. The van der Waals surface area contributed by atoms with E-state index in [1.165, 1.54) is 31.2 Å². The van der Waals surface area contributed by atoms with Crippen molar-refractivity contribution in [2.24, 2.45) is 5.73 Å². The fourth-order valence-electron chi connectivity index (χ4n) is 2.93. The lowest BCUT2D eigenvalue weighted by Crippen LogP contribution is -2.36. The van der Waals surface area contributed by atoms with Crippen molar-refractivity contribution >= 4 is 11.3 Å². The molecule has 0 aliphatic rings. The van der Waals surface area contributed by atoms with Gasteiger partial charge in [0.25, 0.3) is 0 Å². The zero-order chi connectivity index (χ0) is 24.4. The third-order valence-electron chi connectivity index (χ3n) is 4.73. The summed E-state index contributed by atoms with van der Waals surface area (Å²) in [6.07, 6.45) is -9.59. The van der Waals surface area contributed by atoms with Crippen molar-refractivity contribution in [1.82, 2.24) is 10.2 Å². The van der Waals surface area contributed by atoms with Gasteiger partial charge in [-0.05, 0) is 36.8 Å². The van der Waals surface area contributed by atoms with Crippen LogP contribution < -0.4 is 10.5 Å². The fourth-order valence-corrected chi connectivity index (χ4v) is 3.82. The zero-order valence-electron chi connectivity index (χ0n) is 17.2. The fraction of sp³-hybridized carbons (Fsp3) is 0.333. The summed E-state index contributed by atoms with van der Waals surface area (Å²) < 4.78 is 85.5. The number of nitrogens with two attached hydrogens (primary N) is 1. The molecule has 12 heteroatoms. The van der Waals surface area contributed by atoms with Crippen LogP contribution in [-0.2, 0) is 24.3 Å². The molecule has 1 atom stereocenters. The Hall–Kier alpha value is -2.70. The third kappa shape index (κ3) is 5.81. The Morgan fingerprint density at radius 1 is 0.970 bits per heavy atom. The number of halogens is 6. The number of aliphatic hydroxyl groups excluding tert-OH is 1. The Balaban J connectivity index is 1.83. The van der Waals surface area contributed by atoms with E-state index >= 15 is 0 Å². The molecule has 0 radical (unpaired) electrons. The molecule has 0 aliphatic carbocycles. The number of aromatic nitrogens is 2. The van der Waals surface area contributed by atoms with E-state index in [-0.39, 0.29) is 34.2 Å². The first-order valence-electron chi connectivity index (χ1n) is 9.56. The molecule has 1 heterocycles. The molecule has 0 spiro atoms. The van der Waals surface area contributed by atoms with Gasteiger partial charge in [0.2, 0.25) is 0 Å². The van der Waals surface area contributed by atoms with E-state index in [0.717, 1.165) is 29.5 Å². The van der Waals surface area contributed by atoms with Gasteiger partial charge in [-0.15, -0.1) is 10.2 Å². The second kappa shape index (κ2) is 9.27. The van der Waals surface area contributed by atoms with Crippen LogP contribution in [0.3, 0.4) is 0 Å². The predicted octanol–water partition coefficient (Wildman–Crippen LogP) is 5.03. The van der Waals surface area contributed by atoms with Gasteiger partial charge >= 0.3 is 12.4 Å². The molecule has 0 saturated heterocycles. The largest absolute Gasteiger partial charge is 0.493 e. The Morgan fingerprint density at radius 3 is 2.27 bits per heavy atom. The van der Waals surface area contributed by atoms with E-state index in [2.05, 4.69) is 10.2 Å². The number of nitrogens with zero attached hydrogens (tertiary/aromatic N) is 2. The molecule has 1 aromatic heterocycles. The second-order valence-corrected chi connectivity index (χ2v) is 8.43. The van der Waals surface area contributed by atoms with Crippen molar-refractivity contribution in [2.45, 2.75) is 31.2 Å². The van der Waals surface area contributed by atoms with Gasteiger partial charge in [-0.1, -0.05) is 29.5 Å². The molecule has 3 N–H and O–H groups in total. The van der Waals surface area contributed by atoms with Crippen LogP contribution in [0.1, 0.15) is 28.6 Å².